The Labute approximate surface area is 137 Å². The molecule has 0 saturated heterocycles. The number of hydrogen-bond donors (Lipinski definition) is 2. The summed E-state index contributed by atoms with van der Waals surface area (Å²) in [7, 11) is 3.15. The number of hydrogen-bond acceptors (Lipinski definition) is 4. The molecular formula is C17H26N2O4. The van der Waals surface area contributed by atoms with Crippen molar-refractivity contribution in [2.24, 2.45) is 0 Å². The van der Waals surface area contributed by atoms with Gasteiger partial charge in [-0.15, -0.1) is 0 Å². The first kappa shape index (κ1) is 17.4. The molecule has 0 radical (unpaired) electrons. The lowest BCUT2D eigenvalue weighted by molar-refractivity contribution is 0.0993. The Morgan fingerprint density at radius 3 is 2.48 bits per heavy atom. The van der Waals surface area contributed by atoms with E-state index < -0.39 is 6.10 Å². The molecule has 1 atom stereocenters. The van der Waals surface area contributed by atoms with Crippen molar-refractivity contribution in [3.8, 4) is 11.5 Å². The van der Waals surface area contributed by atoms with E-state index in [9.17, 15) is 9.90 Å². The molecule has 0 aliphatic carbocycles. The zero-order valence-corrected chi connectivity index (χ0v) is 14.3. The number of aliphatic hydroxyl groups is 1. The lowest BCUT2D eigenvalue weighted by Crippen LogP contribution is -2.47. The first-order valence-electron chi connectivity index (χ1n) is 8.02. The normalized spacial score (nSPS) is 17.0. The topological polar surface area (TPSA) is 71.0 Å². The van der Waals surface area contributed by atoms with Crippen molar-refractivity contribution >= 4 is 6.03 Å². The average Bonchev–Trinajstić information content (AvgIpc) is 2.58. The average molecular weight is 322 g/mol. The van der Waals surface area contributed by atoms with Gasteiger partial charge in [0.1, 0.15) is 17.6 Å². The Kier molecular flexibility index (Phi) is 5.71. The number of amides is 2. The number of carbonyl (C=O) groups is 1. The van der Waals surface area contributed by atoms with Gasteiger partial charge in [-0.3, -0.25) is 0 Å². The van der Waals surface area contributed by atoms with Crippen molar-refractivity contribution in [3.63, 3.8) is 0 Å². The number of benzene rings is 1. The van der Waals surface area contributed by atoms with Gasteiger partial charge in [0, 0.05) is 17.2 Å². The van der Waals surface area contributed by atoms with Gasteiger partial charge >= 0.3 is 6.03 Å². The molecule has 2 rings (SSSR count). The minimum atomic E-state index is -0.795. The van der Waals surface area contributed by atoms with E-state index in [0.717, 1.165) is 18.4 Å². The van der Waals surface area contributed by atoms with Crippen LogP contribution in [-0.2, 0) is 6.54 Å². The Morgan fingerprint density at radius 2 is 1.91 bits per heavy atom. The van der Waals surface area contributed by atoms with E-state index in [4.69, 9.17) is 9.47 Å². The third kappa shape index (κ3) is 3.52. The van der Waals surface area contributed by atoms with Crippen LogP contribution in [0, 0.1) is 0 Å². The maximum Gasteiger partial charge on any atom is 0.318 e. The third-order valence-corrected chi connectivity index (χ3v) is 4.39. The molecule has 0 bridgehead atoms. The van der Waals surface area contributed by atoms with Crippen molar-refractivity contribution in [2.75, 3.05) is 20.8 Å². The van der Waals surface area contributed by atoms with Crippen molar-refractivity contribution in [3.05, 3.63) is 23.3 Å². The number of fused-ring (bicyclic) bond motifs is 1. The summed E-state index contributed by atoms with van der Waals surface area (Å²) in [6.45, 7) is 4.71. The van der Waals surface area contributed by atoms with E-state index >= 15 is 0 Å². The summed E-state index contributed by atoms with van der Waals surface area (Å²) in [6.07, 6.45) is 0.967. The molecule has 2 amide bonds. The summed E-state index contributed by atoms with van der Waals surface area (Å²) in [5, 5.41) is 13.5. The van der Waals surface area contributed by atoms with Gasteiger partial charge < -0.3 is 24.8 Å². The van der Waals surface area contributed by atoms with Crippen LogP contribution >= 0.6 is 0 Å². The largest absolute Gasteiger partial charge is 0.496 e. The molecule has 1 aliphatic rings. The number of rotatable bonds is 5. The molecule has 1 aliphatic heterocycles. The van der Waals surface area contributed by atoms with E-state index in [1.54, 1.807) is 31.3 Å². The van der Waals surface area contributed by atoms with Crippen LogP contribution in [0.25, 0.3) is 0 Å². The molecule has 23 heavy (non-hydrogen) atoms. The van der Waals surface area contributed by atoms with E-state index in [1.807, 2.05) is 13.8 Å². The number of nitrogens with zero attached hydrogens (tertiary/aromatic N) is 1. The highest BCUT2D eigenvalue weighted by Gasteiger charge is 2.32. The van der Waals surface area contributed by atoms with Crippen LogP contribution in [-0.4, -0.2) is 42.8 Å². The highest BCUT2D eigenvalue weighted by atomic mass is 16.5. The smallest absolute Gasteiger partial charge is 0.318 e. The maximum atomic E-state index is 12.5. The van der Waals surface area contributed by atoms with E-state index in [-0.39, 0.29) is 18.6 Å². The molecular weight excluding hydrogens is 296 g/mol. The lowest BCUT2D eigenvalue weighted by Gasteiger charge is -2.34. The molecule has 2 N–H and O–H groups in total. The molecule has 0 spiro atoms. The van der Waals surface area contributed by atoms with Crippen molar-refractivity contribution in [1.29, 1.82) is 0 Å². The number of methoxy groups -OCH3 is 2. The van der Waals surface area contributed by atoms with Gasteiger partial charge in [0.05, 0.1) is 27.3 Å². The monoisotopic (exact) mass is 322 g/mol. The van der Waals surface area contributed by atoms with Crippen LogP contribution in [0.4, 0.5) is 4.79 Å². The Hall–Kier alpha value is -1.95. The van der Waals surface area contributed by atoms with Crippen LogP contribution in [0.15, 0.2) is 12.1 Å². The number of aliphatic hydroxyl groups excluding tert-OH is 1. The number of ether oxygens (including phenoxy) is 2. The first-order chi connectivity index (χ1) is 11.0. The Morgan fingerprint density at radius 1 is 1.30 bits per heavy atom. The predicted octanol–water partition coefficient (Wildman–Crippen LogP) is 2.45. The fraction of sp³-hybridized carbons (Fsp3) is 0.588. The SMILES string of the molecule is CCC(CC)NC(=O)N1Cc2c(OC)ccc(OC)c2[C@@H](O)C1. The van der Waals surface area contributed by atoms with Gasteiger partial charge in [-0.1, -0.05) is 13.8 Å². The quantitative estimate of drug-likeness (QED) is 0.873. The van der Waals surface area contributed by atoms with Crippen LogP contribution in [0.1, 0.15) is 43.9 Å². The molecule has 128 valence electrons. The second kappa shape index (κ2) is 7.55. The molecule has 1 heterocycles. The molecule has 0 saturated carbocycles. The summed E-state index contributed by atoms with van der Waals surface area (Å²) in [5.41, 5.74) is 1.50. The lowest BCUT2D eigenvalue weighted by atomic mass is 9.95. The standard InChI is InChI=1S/C17H26N2O4/c1-5-11(6-2)18-17(21)19-9-12-14(22-3)7-8-15(23-4)16(12)13(20)10-19/h7-8,11,13,20H,5-6,9-10H2,1-4H3,(H,18,21)/t13-/m0/s1. The number of urea groups is 1. The molecule has 0 fully saturated rings. The van der Waals surface area contributed by atoms with Crippen molar-refractivity contribution in [2.45, 2.75) is 45.4 Å². The zero-order chi connectivity index (χ0) is 17.0. The van der Waals surface area contributed by atoms with Crippen LogP contribution in [0.3, 0.4) is 0 Å². The van der Waals surface area contributed by atoms with E-state index in [0.29, 0.717) is 23.6 Å². The van der Waals surface area contributed by atoms with Gasteiger partial charge in [0.15, 0.2) is 0 Å². The second-order valence-corrected chi connectivity index (χ2v) is 5.72. The van der Waals surface area contributed by atoms with Crippen molar-refractivity contribution < 1.29 is 19.4 Å². The molecule has 1 aromatic rings. The summed E-state index contributed by atoms with van der Waals surface area (Å²) < 4.78 is 10.7. The minimum Gasteiger partial charge on any atom is -0.496 e. The van der Waals surface area contributed by atoms with Gasteiger partial charge in [-0.2, -0.15) is 0 Å². The molecule has 6 heteroatoms. The van der Waals surface area contributed by atoms with Gasteiger partial charge in [-0.25, -0.2) is 4.79 Å². The molecule has 0 unspecified atom stereocenters. The molecule has 6 nitrogen and oxygen atoms in total. The minimum absolute atomic E-state index is 0.147. The first-order valence-corrected chi connectivity index (χ1v) is 8.02. The second-order valence-electron chi connectivity index (χ2n) is 5.72. The van der Waals surface area contributed by atoms with E-state index in [2.05, 4.69) is 5.32 Å². The van der Waals surface area contributed by atoms with E-state index in [1.165, 1.54) is 0 Å². The Balaban J connectivity index is 2.27. The summed E-state index contributed by atoms with van der Waals surface area (Å²) in [4.78, 5) is 14.1. The van der Waals surface area contributed by atoms with Gasteiger partial charge in [0.25, 0.3) is 0 Å². The van der Waals surface area contributed by atoms with Gasteiger partial charge in [0.2, 0.25) is 0 Å². The highest BCUT2D eigenvalue weighted by Crippen LogP contribution is 2.39. The van der Waals surface area contributed by atoms with Crippen LogP contribution in [0.2, 0.25) is 0 Å². The van der Waals surface area contributed by atoms with Gasteiger partial charge in [-0.05, 0) is 25.0 Å². The molecule has 0 aromatic heterocycles. The number of carbonyl (C=O) groups excluding carboxylic acids is 1. The summed E-state index contributed by atoms with van der Waals surface area (Å²) in [5.74, 6) is 1.27. The highest BCUT2D eigenvalue weighted by molar-refractivity contribution is 5.75. The number of β-amino-alcohol motifs (C(OH)–C–C–N with tert-alkyl or cyclic N) is 1. The maximum absolute atomic E-state index is 12.5. The van der Waals surface area contributed by atoms with Crippen LogP contribution < -0.4 is 14.8 Å². The summed E-state index contributed by atoms with van der Waals surface area (Å²) >= 11 is 0. The fourth-order valence-electron chi connectivity index (χ4n) is 2.99. The number of nitrogens with one attached hydrogen (secondary N) is 1. The van der Waals surface area contributed by atoms with Crippen molar-refractivity contribution in [1.82, 2.24) is 10.2 Å². The zero-order valence-electron chi connectivity index (χ0n) is 14.3. The van der Waals surface area contributed by atoms with Crippen LogP contribution in [0.5, 0.6) is 11.5 Å². The predicted molar refractivity (Wildman–Crippen MR) is 87.8 cm³/mol. The Bertz CT molecular complexity index is 558. The molecule has 1 aromatic carbocycles. The summed E-state index contributed by atoms with van der Waals surface area (Å²) in [6, 6.07) is 3.56. The fourth-order valence-corrected chi connectivity index (χ4v) is 2.99. The third-order valence-electron chi connectivity index (χ3n) is 4.39.